The highest BCUT2D eigenvalue weighted by Gasteiger charge is 2.30. The van der Waals surface area contributed by atoms with E-state index in [2.05, 4.69) is 49.0 Å². The molecule has 1 fully saturated rings. The van der Waals surface area contributed by atoms with Crippen molar-refractivity contribution in [2.24, 2.45) is 5.92 Å². The molecule has 3 nitrogen and oxygen atoms in total. The van der Waals surface area contributed by atoms with Gasteiger partial charge in [-0.1, -0.05) is 33.3 Å². The zero-order valence-electron chi connectivity index (χ0n) is 13.4. The molecule has 1 saturated heterocycles. The lowest BCUT2D eigenvalue weighted by Crippen LogP contribution is -2.57. The molecular weight excluding hydrogens is 246 g/mol. The van der Waals surface area contributed by atoms with Crippen LogP contribution in [-0.2, 0) is 6.54 Å². The van der Waals surface area contributed by atoms with Gasteiger partial charge in [-0.25, -0.2) is 0 Å². The minimum absolute atomic E-state index is 0.632. The largest absolute Gasteiger partial charge is 0.311 e. The topological polar surface area (TPSA) is 28.2 Å². The summed E-state index contributed by atoms with van der Waals surface area (Å²) >= 11 is 0. The molecule has 0 aromatic carbocycles. The molecule has 0 bridgehead atoms. The Labute approximate surface area is 123 Å². The first-order valence-corrected chi connectivity index (χ1v) is 8.02. The summed E-state index contributed by atoms with van der Waals surface area (Å²) in [5.74, 6) is 0.734. The van der Waals surface area contributed by atoms with Crippen LogP contribution in [0.4, 0.5) is 0 Å². The molecule has 2 heterocycles. The summed E-state index contributed by atoms with van der Waals surface area (Å²) in [6.07, 6.45) is 6.40. The van der Waals surface area contributed by atoms with Crippen LogP contribution in [0, 0.1) is 12.8 Å². The average molecular weight is 275 g/mol. The van der Waals surface area contributed by atoms with E-state index in [1.807, 2.05) is 12.4 Å². The average Bonchev–Trinajstić information content (AvgIpc) is 2.46. The second-order valence-electron chi connectivity index (χ2n) is 6.27. The van der Waals surface area contributed by atoms with Crippen LogP contribution in [0.3, 0.4) is 0 Å². The van der Waals surface area contributed by atoms with E-state index in [-0.39, 0.29) is 0 Å². The Balaban J connectivity index is 2.10. The van der Waals surface area contributed by atoms with E-state index >= 15 is 0 Å². The van der Waals surface area contributed by atoms with Gasteiger partial charge in [0.1, 0.15) is 0 Å². The van der Waals surface area contributed by atoms with Gasteiger partial charge >= 0.3 is 0 Å². The molecule has 1 aliphatic rings. The molecule has 1 aliphatic heterocycles. The zero-order chi connectivity index (χ0) is 14.5. The number of aryl methyl sites for hydroxylation is 1. The van der Waals surface area contributed by atoms with Crippen LogP contribution >= 0.6 is 0 Å². The summed E-state index contributed by atoms with van der Waals surface area (Å²) in [5.41, 5.74) is 2.60. The van der Waals surface area contributed by atoms with Crippen molar-refractivity contribution in [3.8, 4) is 0 Å². The number of hydrogen-bond acceptors (Lipinski definition) is 3. The van der Waals surface area contributed by atoms with Crippen LogP contribution in [0.1, 0.15) is 44.7 Å². The van der Waals surface area contributed by atoms with Crippen molar-refractivity contribution >= 4 is 0 Å². The van der Waals surface area contributed by atoms with Crippen LogP contribution in [0.25, 0.3) is 0 Å². The van der Waals surface area contributed by atoms with E-state index in [1.165, 1.54) is 24.0 Å². The van der Waals surface area contributed by atoms with Gasteiger partial charge in [-0.05, 0) is 30.4 Å². The van der Waals surface area contributed by atoms with Gasteiger partial charge in [0.25, 0.3) is 0 Å². The lowest BCUT2D eigenvalue weighted by Gasteiger charge is -2.43. The Morgan fingerprint density at radius 3 is 2.85 bits per heavy atom. The summed E-state index contributed by atoms with van der Waals surface area (Å²) in [6, 6.07) is 3.54. The van der Waals surface area contributed by atoms with E-state index in [4.69, 9.17) is 0 Å². The molecule has 3 unspecified atom stereocenters. The molecular formula is C17H29N3. The Kier molecular flexibility index (Phi) is 5.55. The normalized spacial score (nSPS) is 25.6. The summed E-state index contributed by atoms with van der Waals surface area (Å²) in [7, 11) is 0. The Bertz CT molecular complexity index is 418. The molecule has 0 spiro atoms. The number of pyridine rings is 1. The Morgan fingerprint density at radius 2 is 2.20 bits per heavy atom. The molecule has 1 aromatic heterocycles. The number of piperazine rings is 1. The molecule has 0 radical (unpaired) electrons. The van der Waals surface area contributed by atoms with Crippen molar-refractivity contribution in [2.75, 3.05) is 13.1 Å². The summed E-state index contributed by atoms with van der Waals surface area (Å²) in [5, 5.41) is 3.70. The van der Waals surface area contributed by atoms with Crippen molar-refractivity contribution in [1.29, 1.82) is 0 Å². The molecule has 3 heteroatoms. The lowest BCUT2D eigenvalue weighted by atomic mass is 9.93. The van der Waals surface area contributed by atoms with Crippen LogP contribution < -0.4 is 5.32 Å². The first kappa shape index (κ1) is 15.5. The van der Waals surface area contributed by atoms with E-state index in [9.17, 15) is 0 Å². The second kappa shape index (κ2) is 7.19. The highest BCUT2D eigenvalue weighted by Crippen LogP contribution is 2.21. The van der Waals surface area contributed by atoms with Gasteiger partial charge in [-0.3, -0.25) is 9.88 Å². The quantitative estimate of drug-likeness (QED) is 0.895. The van der Waals surface area contributed by atoms with E-state index < -0.39 is 0 Å². The van der Waals surface area contributed by atoms with Crippen LogP contribution in [-0.4, -0.2) is 35.1 Å². The van der Waals surface area contributed by atoms with Crippen molar-refractivity contribution in [1.82, 2.24) is 15.2 Å². The molecule has 1 aromatic rings. The number of rotatable bonds is 5. The van der Waals surface area contributed by atoms with E-state index in [0.717, 1.165) is 25.6 Å². The zero-order valence-corrected chi connectivity index (χ0v) is 13.4. The predicted octanol–water partition coefficient (Wildman–Crippen LogP) is 2.99. The summed E-state index contributed by atoms with van der Waals surface area (Å²) < 4.78 is 0. The number of hydrogen-bond donors (Lipinski definition) is 1. The maximum atomic E-state index is 4.34. The van der Waals surface area contributed by atoms with Gasteiger partial charge in [-0.15, -0.1) is 0 Å². The van der Waals surface area contributed by atoms with Crippen LogP contribution in [0.15, 0.2) is 18.5 Å². The first-order valence-electron chi connectivity index (χ1n) is 8.02. The first-order chi connectivity index (χ1) is 9.63. The maximum Gasteiger partial charge on any atom is 0.0313 e. The summed E-state index contributed by atoms with van der Waals surface area (Å²) in [4.78, 5) is 7.00. The number of nitrogens with zero attached hydrogens (tertiary/aromatic N) is 2. The van der Waals surface area contributed by atoms with Gasteiger partial charge in [0, 0.05) is 44.1 Å². The Hall–Kier alpha value is -0.930. The molecule has 0 saturated carbocycles. The molecule has 1 N–H and O–H groups in total. The SMILES string of the molecule is CCC1CN(Cc2cncc(C)c2)C(C(C)CC)CN1. The van der Waals surface area contributed by atoms with E-state index in [1.54, 1.807) is 0 Å². The monoisotopic (exact) mass is 275 g/mol. The summed E-state index contributed by atoms with van der Waals surface area (Å²) in [6.45, 7) is 12.4. The fraction of sp³-hybridized carbons (Fsp3) is 0.706. The highest BCUT2D eigenvalue weighted by molar-refractivity contribution is 5.16. The van der Waals surface area contributed by atoms with Crippen LogP contribution in [0.2, 0.25) is 0 Å². The van der Waals surface area contributed by atoms with Crippen molar-refractivity contribution in [2.45, 2.75) is 59.2 Å². The third-order valence-corrected chi connectivity index (χ3v) is 4.65. The molecule has 2 rings (SSSR count). The van der Waals surface area contributed by atoms with Gasteiger partial charge in [0.15, 0.2) is 0 Å². The molecule has 0 amide bonds. The lowest BCUT2D eigenvalue weighted by molar-refractivity contribution is 0.0831. The maximum absolute atomic E-state index is 4.34. The van der Waals surface area contributed by atoms with Gasteiger partial charge in [0.2, 0.25) is 0 Å². The fourth-order valence-electron chi connectivity index (χ4n) is 3.13. The van der Waals surface area contributed by atoms with Crippen LogP contribution in [0.5, 0.6) is 0 Å². The number of nitrogens with one attached hydrogen (secondary N) is 1. The molecule has 0 aliphatic carbocycles. The van der Waals surface area contributed by atoms with Crippen molar-refractivity contribution < 1.29 is 0 Å². The number of aromatic nitrogens is 1. The molecule has 3 atom stereocenters. The Morgan fingerprint density at radius 1 is 1.40 bits per heavy atom. The van der Waals surface area contributed by atoms with Gasteiger partial charge < -0.3 is 5.32 Å². The van der Waals surface area contributed by atoms with Crippen molar-refractivity contribution in [3.05, 3.63) is 29.6 Å². The molecule has 20 heavy (non-hydrogen) atoms. The standard InChI is InChI=1S/C17H29N3/c1-5-14(4)17-10-19-16(6-2)12-20(17)11-15-7-13(3)8-18-9-15/h7-9,14,16-17,19H,5-6,10-12H2,1-4H3. The smallest absolute Gasteiger partial charge is 0.0313 e. The van der Waals surface area contributed by atoms with Crippen molar-refractivity contribution in [3.63, 3.8) is 0 Å². The third-order valence-electron chi connectivity index (χ3n) is 4.65. The van der Waals surface area contributed by atoms with E-state index in [0.29, 0.717) is 12.1 Å². The minimum Gasteiger partial charge on any atom is -0.311 e. The molecule has 112 valence electrons. The minimum atomic E-state index is 0.632. The predicted molar refractivity (Wildman–Crippen MR) is 84.7 cm³/mol. The van der Waals surface area contributed by atoms with Gasteiger partial charge in [0.05, 0.1) is 0 Å². The van der Waals surface area contributed by atoms with Gasteiger partial charge in [-0.2, -0.15) is 0 Å². The third kappa shape index (κ3) is 3.80. The fourth-order valence-corrected chi connectivity index (χ4v) is 3.13. The highest BCUT2D eigenvalue weighted by atomic mass is 15.2. The second-order valence-corrected chi connectivity index (χ2v) is 6.27.